The summed E-state index contributed by atoms with van der Waals surface area (Å²) in [4.78, 5) is 42.2. The van der Waals surface area contributed by atoms with Crippen molar-refractivity contribution < 1.29 is 27.6 Å². The second-order valence-corrected chi connectivity index (χ2v) is 9.09. The Bertz CT molecular complexity index is 1460. The zero-order chi connectivity index (χ0) is 29.0. The van der Waals surface area contributed by atoms with Crippen molar-refractivity contribution >= 4 is 52.7 Å². The number of carbonyl (C=O) groups excluding carboxylic acids is 3. The number of piperazine rings is 1. The average Bonchev–Trinajstić information content (AvgIpc) is 2.93. The maximum absolute atomic E-state index is 13.8. The van der Waals surface area contributed by atoms with Crippen molar-refractivity contribution in [3.63, 3.8) is 0 Å². The Balaban J connectivity index is 1.65. The minimum atomic E-state index is -1.70. The fraction of sp³-hybridized carbons (Fsp3) is 0.154. The fourth-order valence-corrected chi connectivity index (χ4v) is 4.40. The number of anilines is 3. The summed E-state index contributed by atoms with van der Waals surface area (Å²) in [6.45, 7) is -1.07. The van der Waals surface area contributed by atoms with Crippen LogP contribution in [-0.2, 0) is 20.8 Å². The van der Waals surface area contributed by atoms with E-state index in [1.807, 2.05) is 0 Å². The molecule has 40 heavy (non-hydrogen) atoms. The van der Waals surface area contributed by atoms with Crippen LogP contribution >= 0.6 is 11.6 Å². The van der Waals surface area contributed by atoms with Crippen LogP contribution in [0.25, 0.3) is 0 Å². The van der Waals surface area contributed by atoms with Gasteiger partial charge in [0.05, 0.1) is 11.4 Å². The topological polar surface area (TPSA) is 133 Å². The second-order valence-electron chi connectivity index (χ2n) is 8.66. The predicted octanol–water partition coefficient (Wildman–Crippen LogP) is 4.54. The maximum atomic E-state index is 13.8. The van der Waals surface area contributed by atoms with Crippen LogP contribution < -0.4 is 15.2 Å². The first-order chi connectivity index (χ1) is 19.1. The zero-order valence-corrected chi connectivity index (χ0v) is 21.3. The van der Waals surface area contributed by atoms with Crippen LogP contribution in [0.15, 0.2) is 65.9 Å². The molecule has 1 aliphatic rings. The molecular formula is C26H21ClF3N7O3. The molecule has 206 valence electrons. The highest BCUT2D eigenvalue weighted by Gasteiger charge is 2.39. The molecule has 3 aromatic carbocycles. The van der Waals surface area contributed by atoms with E-state index in [2.05, 4.69) is 10.5 Å². The molecule has 4 rings (SSSR count). The molecule has 0 saturated carbocycles. The van der Waals surface area contributed by atoms with Crippen molar-refractivity contribution in [2.75, 3.05) is 28.3 Å². The van der Waals surface area contributed by atoms with Crippen LogP contribution in [0, 0.1) is 28.4 Å². The minimum Gasteiger partial charge on any atom is -0.324 e. The Labute approximate surface area is 230 Å². The van der Waals surface area contributed by atoms with E-state index in [-0.39, 0.29) is 28.5 Å². The first-order valence-electron chi connectivity index (χ1n) is 11.7. The van der Waals surface area contributed by atoms with Crippen molar-refractivity contribution in [3.05, 3.63) is 88.7 Å². The lowest BCUT2D eigenvalue weighted by atomic mass is 10.0. The number of rotatable bonds is 9. The summed E-state index contributed by atoms with van der Waals surface area (Å²) < 4.78 is 40.9. The molecule has 0 aliphatic carbocycles. The second kappa shape index (κ2) is 11.9. The smallest absolute Gasteiger partial charge is 0.247 e. The molecule has 3 N–H and O–H groups in total. The van der Waals surface area contributed by atoms with Crippen LogP contribution in [-0.4, -0.2) is 48.1 Å². The van der Waals surface area contributed by atoms with Gasteiger partial charge in [-0.2, -0.15) is 5.53 Å². The molecule has 14 heteroatoms. The summed E-state index contributed by atoms with van der Waals surface area (Å²) in [7, 11) is 0. The number of halogens is 4. The van der Waals surface area contributed by atoms with Crippen molar-refractivity contribution in [1.29, 1.82) is 10.9 Å². The summed E-state index contributed by atoms with van der Waals surface area (Å²) in [6, 6.07) is 12.8. The lowest BCUT2D eigenvalue weighted by Gasteiger charge is -2.38. The maximum Gasteiger partial charge on any atom is 0.247 e. The first-order valence-corrected chi connectivity index (χ1v) is 12.1. The molecule has 10 nitrogen and oxygen atoms in total. The van der Waals surface area contributed by atoms with Crippen LogP contribution in [0.2, 0.25) is 5.02 Å². The number of amides is 3. The van der Waals surface area contributed by atoms with E-state index in [0.29, 0.717) is 17.7 Å². The van der Waals surface area contributed by atoms with Gasteiger partial charge in [0.2, 0.25) is 17.7 Å². The largest absolute Gasteiger partial charge is 0.324 e. The first kappa shape index (κ1) is 28.2. The fourth-order valence-electron chi connectivity index (χ4n) is 4.23. The Kier molecular flexibility index (Phi) is 8.43. The normalized spacial score (nSPS) is 14.1. The Morgan fingerprint density at radius 2 is 1.73 bits per heavy atom. The number of carbonyl (C=O) groups is 3. The van der Waals surface area contributed by atoms with Crippen molar-refractivity contribution in [2.24, 2.45) is 5.22 Å². The van der Waals surface area contributed by atoms with Gasteiger partial charge in [-0.1, -0.05) is 47.2 Å². The van der Waals surface area contributed by atoms with Gasteiger partial charge in [-0.3, -0.25) is 24.7 Å². The summed E-state index contributed by atoms with van der Waals surface area (Å²) in [5.41, 5.74) is 7.83. The SMILES string of the molecule is N=CN(N=N)c1ccc(Cl)cc1N1CC(=O)N(C(Cc2ccccc2)C(=O)Nc2cc(F)c(F)c(F)c2)CC1=O. The van der Waals surface area contributed by atoms with Gasteiger partial charge >= 0.3 is 0 Å². The highest BCUT2D eigenvalue weighted by Crippen LogP contribution is 2.34. The molecule has 1 atom stereocenters. The van der Waals surface area contributed by atoms with Gasteiger partial charge in [0, 0.05) is 29.3 Å². The van der Waals surface area contributed by atoms with Crippen molar-refractivity contribution in [2.45, 2.75) is 12.5 Å². The van der Waals surface area contributed by atoms with Gasteiger partial charge in [0.1, 0.15) is 25.5 Å². The Morgan fingerprint density at radius 1 is 1.05 bits per heavy atom. The summed E-state index contributed by atoms with van der Waals surface area (Å²) in [5.74, 6) is -6.81. The number of hydrogen-bond donors (Lipinski definition) is 3. The molecule has 0 aromatic heterocycles. The molecule has 1 aliphatic heterocycles. The van der Waals surface area contributed by atoms with E-state index >= 15 is 0 Å². The summed E-state index contributed by atoms with van der Waals surface area (Å²) >= 11 is 6.11. The van der Waals surface area contributed by atoms with E-state index in [1.165, 1.54) is 18.2 Å². The van der Waals surface area contributed by atoms with Crippen LogP contribution in [0.5, 0.6) is 0 Å². The monoisotopic (exact) mass is 571 g/mol. The molecule has 0 radical (unpaired) electrons. The highest BCUT2D eigenvalue weighted by molar-refractivity contribution is 6.31. The van der Waals surface area contributed by atoms with Gasteiger partial charge in [-0.05, 0) is 23.8 Å². The van der Waals surface area contributed by atoms with Crippen molar-refractivity contribution in [1.82, 2.24) is 4.90 Å². The molecule has 0 spiro atoms. The standard InChI is InChI=1S/C26H21ClF3N7O3/c27-16-6-7-20(37(14-31)34-32)21(9-16)35-12-24(39)36(13-23(35)38)22(8-15-4-2-1-3-5-15)26(40)33-17-10-18(28)25(30)19(29)11-17/h1-7,9-11,14,22,31-32H,8,12-13H2,(H,33,40). The molecule has 1 saturated heterocycles. The molecule has 3 amide bonds. The van der Waals surface area contributed by atoms with Crippen LogP contribution in [0.4, 0.5) is 30.2 Å². The third-order valence-electron chi connectivity index (χ3n) is 6.13. The average molecular weight is 572 g/mol. The quantitative estimate of drug-likeness (QED) is 0.114. The third-order valence-corrected chi connectivity index (χ3v) is 6.36. The Hall–Kier alpha value is -4.78. The number of nitrogens with one attached hydrogen (secondary N) is 3. The third kappa shape index (κ3) is 5.94. The predicted molar refractivity (Wildman–Crippen MR) is 141 cm³/mol. The van der Waals surface area contributed by atoms with Crippen LogP contribution in [0.3, 0.4) is 0 Å². The van der Waals surface area contributed by atoms with Gasteiger partial charge in [0.25, 0.3) is 0 Å². The van der Waals surface area contributed by atoms with Gasteiger partial charge in [-0.15, -0.1) is 0 Å². The highest BCUT2D eigenvalue weighted by atomic mass is 35.5. The minimum absolute atomic E-state index is 0.0421. The molecule has 1 heterocycles. The molecule has 3 aromatic rings. The summed E-state index contributed by atoms with van der Waals surface area (Å²) in [5, 5.41) is 14.1. The lowest BCUT2D eigenvalue weighted by molar-refractivity contribution is -0.143. The molecule has 0 bridgehead atoms. The van der Waals surface area contributed by atoms with Crippen molar-refractivity contribution in [3.8, 4) is 0 Å². The van der Waals surface area contributed by atoms with E-state index in [4.69, 9.17) is 22.5 Å². The molecule has 1 unspecified atom stereocenters. The molecule has 1 fully saturated rings. The van der Waals surface area contributed by atoms with E-state index in [1.54, 1.807) is 30.3 Å². The van der Waals surface area contributed by atoms with Gasteiger partial charge in [0.15, 0.2) is 17.5 Å². The summed E-state index contributed by atoms with van der Waals surface area (Å²) in [6.07, 6.45) is 0.698. The van der Waals surface area contributed by atoms with E-state index < -0.39 is 54.3 Å². The van der Waals surface area contributed by atoms with Gasteiger partial charge < -0.3 is 10.2 Å². The number of hydrogen-bond acceptors (Lipinski definition) is 6. The molecular weight excluding hydrogens is 551 g/mol. The van der Waals surface area contributed by atoms with Gasteiger partial charge in [-0.25, -0.2) is 18.2 Å². The van der Waals surface area contributed by atoms with Crippen LogP contribution in [0.1, 0.15) is 5.56 Å². The number of benzene rings is 3. The van der Waals surface area contributed by atoms with E-state index in [0.717, 1.165) is 21.1 Å². The lowest BCUT2D eigenvalue weighted by Crippen LogP contribution is -2.60. The zero-order valence-electron chi connectivity index (χ0n) is 20.6. The van der Waals surface area contributed by atoms with E-state index in [9.17, 15) is 27.6 Å². The number of nitrogens with zero attached hydrogens (tertiary/aromatic N) is 4. The Morgan fingerprint density at radius 3 is 2.35 bits per heavy atom.